The van der Waals surface area contributed by atoms with Gasteiger partial charge in [0.2, 0.25) is 0 Å². The molecule has 2 aliphatic heterocycles. The highest BCUT2D eigenvalue weighted by Crippen LogP contribution is 2.21. The zero-order chi connectivity index (χ0) is 17.6. The Bertz CT molecular complexity index is 518. The van der Waals surface area contributed by atoms with Gasteiger partial charge in [-0.1, -0.05) is 19.3 Å². The summed E-state index contributed by atoms with van der Waals surface area (Å²) in [6, 6.07) is 0.559. The zero-order valence-electron chi connectivity index (χ0n) is 15.3. The van der Waals surface area contributed by atoms with Gasteiger partial charge >= 0.3 is 6.03 Å². The van der Waals surface area contributed by atoms with E-state index in [2.05, 4.69) is 10.6 Å². The first kappa shape index (κ1) is 18.1. The Hall–Kier alpha value is -1.72. The number of ether oxygens (including phenoxy) is 1. The summed E-state index contributed by atoms with van der Waals surface area (Å²) in [5, 5.41) is 6.30. The highest BCUT2D eigenvalue weighted by Gasteiger charge is 2.27. The van der Waals surface area contributed by atoms with Gasteiger partial charge in [0, 0.05) is 25.2 Å². The number of hydrogen-bond acceptors (Lipinski definition) is 3. The summed E-state index contributed by atoms with van der Waals surface area (Å²) in [5.74, 6) is 0.760. The average Bonchev–Trinajstić information content (AvgIpc) is 2.63. The Morgan fingerprint density at radius 3 is 2.32 bits per heavy atom. The topological polar surface area (TPSA) is 70.7 Å². The molecular formula is C19H31N3O3. The minimum atomic E-state index is 0.00214. The Labute approximate surface area is 150 Å². The summed E-state index contributed by atoms with van der Waals surface area (Å²) < 4.78 is 5.48. The third-order valence-corrected chi connectivity index (χ3v) is 5.64. The fourth-order valence-corrected chi connectivity index (χ4v) is 4.02. The lowest BCUT2D eigenvalue weighted by Crippen LogP contribution is -2.51. The molecule has 6 heteroatoms. The van der Waals surface area contributed by atoms with Gasteiger partial charge in [-0.2, -0.15) is 0 Å². The molecular weight excluding hydrogens is 318 g/mol. The molecule has 2 fully saturated rings. The van der Waals surface area contributed by atoms with Crippen molar-refractivity contribution in [1.82, 2.24) is 15.5 Å². The van der Waals surface area contributed by atoms with Crippen LogP contribution in [0.2, 0.25) is 0 Å². The van der Waals surface area contributed by atoms with Gasteiger partial charge in [-0.25, -0.2) is 4.79 Å². The van der Waals surface area contributed by atoms with Crippen molar-refractivity contribution < 1.29 is 14.3 Å². The predicted molar refractivity (Wildman–Crippen MR) is 96.0 cm³/mol. The van der Waals surface area contributed by atoms with Gasteiger partial charge in [0.05, 0.1) is 12.2 Å². The van der Waals surface area contributed by atoms with Crippen molar-refractivity contribution in [2.24, 2.45) is 0 Å². The van der Waals surface area contributed by atoms with Crippen LogP contribution >= 0.6 is 0 Å². The van der Waals surface area contributed by atoms with E-state index in [-0.39, 0.29) is 18.0 Å². The third-order valence-electron chi connectivity index (χ3n) is 5.64. The van der Waals surface area contributed by atoms with Crippen LogP contribution < -0.4 is 10.6 Å². The minimum Gasteiger partial charge on any atom is -0.498 e. The van der Waals surface area contributed by atoms with Crippen molar-refractivity contribution in [2.75, 3.05) is 19.7 Å². The molecule has 0 bridgehead atoms. The number of rotatable bonds is 3. The van der Waals surface area contributed by atoms with Crippen LogP contribution in [0.25, 0.3) is 0 Å². The zero-order valence-corrected chi connectivity index (χ0v) is 15.3. The summed E-state index contributed by atoms with van der Waals surface area (Å²) in [4.78, 5) is 26.7. The Kier molecular flexibility index (Phi) is 6.21. The molecule has 3 rings (SSSR count). The Morgan fingerprint density at radius 1 is 0.960 bits per heavy atom. The first-order valence-electron chi connectivity index (χ1n) is 9.82. The molecule has 2 N–H and O–H groups in total. The number of likely N-dealkylation sites (tertiary alicyclic amines) is 1. The standard InChI is InChI=1S/C19H31N3O3/c1-14-17(8-5-13-25-14)18(23)20-16-9-11-22(12-10-16)19(24)21-15-6-3-2-4-7-15/h15-16H,2-13H2,1H3,(H,20,23)(H,21,24). The molecule has 3 amide bonds. The van der Waals surface area contributed by atoms with E-state index in [1.165, 1.54) is 19.3 Å². The van der Waals surface area contributed by atoms with Gasteiger partial charge in [0.1, 0.15) is 5.76 Å². The third kappa shape index (κ3) is 4.89. The molecule has 0 aromatic carbocycles. The summed E-state index contributed by atoms with van der Waals surface area (Å²) in [6.07, 6.45) is 9.27. The SMILES string of the molecule is CC1=C(C(=O)NC2CCN(C(=O)NC3CCCCC3)CC2)CCCO1. The fraction of sp³-hybridized carbons (Fsp3) is 0.789. The monoisotopic (exact) mass is 349 g/mol. The smallest absolute Gasteiger partial charge is 0.317 e. The predicted octanol–water partition coefficient (Wildman–Crippen LogP) is 2.69. The summed E-state index contributed by atoms with van der Waals surface area (Å²) in [6.45, 7) is 3.99. The molecule has 1 aliphatic carbocycles. The van der Waals surface area contributed by atoms with E-state index < -0.39 is 0 Å². The molecule has 25 heavy (non-hydrogen) atoms. The van der Waals surface area contributed by atoms with Crippen molar-refractivity contribution in [3.63, 3.8) is 0 Å². The average molecular weight is 349 g/mol. The quantitative estimate of drug-likeness (QED) is 0.823. The Morgan fingerprint density at radius 2 is 1.64 bits per heavy atom. The molecule has 1 saturated heterocycles. The van der Waals surface area contributed by atoms with Crippen LogP contribution in [0, 0.1) is 0 Å². The molecule has 6 nitrogen and oxygen atoms in total. The van der Waals surface area contributed by atoms with Crippen molar-refractivity contribution in [1.29, 1.82) is 0 Å². The molecule has 1 saturated carbocycles. The number of nitrogens with one attached hydrogen (secondary N) is 2. The molecule has 0 atom stereocenters. The van der Waals surface area contributed by atoms with E-state index in [4.69, 9.17) is 4.74 Å². The maximum atomic E-state index is 12.4. The summed E-state index contributed by atoms with van der Waals surface area (Å²) >= 11 is 0. The molecule has 0 unspecified atom stereocenters. The number of amides is 3. The number of nitrogens with zero attached hydrogens (tertiary/aromatic N) is 1. The number of carbonyl (C=O) groups excluding carboxylic acids is 2. The first-order valence-corrected chi connectivity index (χ1v) is 9.82. The molecule has 0 aromatic heterocycles. The Balaban J connectivity index is 1.42. The number of piperidine rings is 1. The van der Waals surface area contributed by atoms with Crippen molar-refractivity contribution >= 4 is 11.9 Å². The number of allylic oxidation sites excluding steroid dienone is 1. The van der Waals surface area contributed by atoms with E-state index in [0.717, 1.165) is 49.9 Å². The lowest BCUT2D eigenvalue weighted by Gasteiger charge is -2.34. The van der Waals surface area contributed by atoms with Gasteiger partial charge < -0.3 is 20.3 Å². The van der Waals surface area contributed by atoms with Crippen LogP contribution in [0.1, 0.15) is 64.7 Å². The van der Waals surface area contributed by atoms with E-state index in [1.807, 2.05) is 11.8 Å². The van der Waals surface area contributed by atoms with Crippen LogP contribution in [0.15, 0.2) is 11.3 Å². The van der Waals surface area contributed by atoms with E-state index in [0.29, 0.717) is 25.7 Å². The summed E-state index contributed by atoms with van der Waals surface area (Å²) in [7, 11) is 0. The fourth-order valence-electron chi connectivity index (χ4n) is 4.02. The molecule has 140 valence electrons. The molecule has 0 spiro atoms. The van der Waals surface area contributed by atoms with Crippen LogP contribution in [0.4, 0.5) is 4.79 Å². The van der Waals surface area contributed by atoms with E-state index >= 15 is 0 Å². The normalized spacial score (nSPS) is 23.2. The number of urea groups is 1. The van der Waals surface area contributed by atoms with E-state index in [1.54, 1.807) is 0 Å². The maximum absolute atomic E-state index is 12.4. The van der Waals surface area contributed by atoms with Crippen LogP contribution in [-0.4, -0.2) is 48.6 Å². The molecule has 0 aromatic rings. The second-order valence-corrected chi connectivity index (χ2v) is 7.51. The molecule has 0 radical (unpaired) electrons. The second kappa shape index (κ2) is 8.59. The van der Waals surface area contributed by atoms with Crippen LogP contribution in [0.5, 0.6) is 0 Å². The highest BCUT2D eigenvalue weighted by atomic mass is 16.5. The van der Waals surface area contributed by atoms with Gasteiger partial charge in [0.15, 0.2) is 0 Å². The van der Waals surface area contributed by atoms with Gasteiger partial charge in [-0.15, -0.1) is 0 Å². The van der Waals surface area contributed by atoms with Crippen molar-refractivity contribution in [2.45, 2.75) is 76.8 Å². The minimum absolute atomic E-state index is 0.00214. The lowest BCUT2D eigenvalue weighted by atomic mass is 9.95. The van der Waals surface area contributed by atoms with Crippen LogP contribution in [-0.2, 0) is 9.53 Å². The first-order chi connectivity index (χ1) is 12.1. The lowest BCUT2D eigenvalue weighted by molar-refractivity contribution is -0.119. The second-order valence-electron chi connectivity index (χ2n) is 7.51. The van der Waals surface area contributed by atoms with Crippen molar-refractivity contribution in [3.8, 4) is 0 Å². The summed E-state index contributed by atoms with van der Waals surface area (Å²) in [5.41, 5.74) is 0.781. The van der Waals surface area contributed by atoms with Gasteiger partial charge in [0.25, 0.3) is 5.91 Å². The molecule has 3 aliphatic rings. The van der Waals surface area contributed by atoms with Gasteiger partial charge in [-0.3, -0.25) is 4.79 Å². The maximum Gasteiger partial charge on any atom is 0.317 e. The highest BCUT2D eigenvalue weighted by molar-refractivity contribution is 5.94. The largest absolute Gasteiger partial charge is 0.498 e. The number of carbonyl (C=O) groups is 2. The molecule has 2 heterocycles. The van der Waals surface area contributed by atoms with E-state index in [9.17, 15) is 9.59 Å². The van der Waals surface area contributed by atoms with Crippen molar-refractivity contribution in [3.05, 3.63) is 11.3 Å². The number of hydrogen-bond donors (Lipinski definition) is 2. The van der Waals surface area contributed by atoms with Gasteiger partial charge in [-0.05, 0) is 45.4 Å². The van der Waals surface area contributed by atoms with Crippen LogP contribution in [0.3, 0.4) is 0 Å².